The summed E-state index contributed by atoms with van der Waals surface area (Å²) in [6.45, 7) is 0.750. The van der Waals surface area contributed by atoms with Crippen LogP contribution in [0.2, 0.25) is 5.02 Å². The van der Waals surface area contributed by atoms with Gasteiger partial charge in [0.05, 0.1) is 12.8 Å². The molecule has 1 aliphatic carbocycles. The molecule has 2 aromatic rings. The number of thiocarbonyl (C=S) groups is 1. The largest absolute Gasteiger partial charge is 0.495 e. The van der Waals surface area contributed by atoms with Gasteiger partial charge in [-0.2, -0.15) is 0 Å². The van der Waals surface area contributed by atoms with E-state index in [4.69, 9.17) is 28.6 Å². The Morgan fingerprint density at radius 3 is 2.84 bits per heavy atom. The second kappa shape index (κ2) is 8.50. The van der Waals surface area contributed by atoms with Crippen LogP contribution in [0.1, 0.15) is 31.2 Å². The number of benzene rings is 1. The molecule has 0 bridgehead atoms. The van der Waals surface area contributed by atoms with Gasteiger partial charge in [0.1, 0.15) is 5.75 Å². The predicted molar refractivity (Wildman–Crippen MR) is 106 cm³/mol. The van der Waals surface area contributed by atoms with Crippen LogP contribution in [0.15, 0.2) is 42.7 Å². The van der Waals surface area contributed by atoms with Crippen LogP contribution in [0, 0.1) is 0 Å². The number of pyridine rings is 1. The Labute approximate surface area is 159 Å². The zero-order chi connectivity index (χ0) is 17.6. The van der Waals surface area contributed by atoms with Gasteiger partial charge in [0.25, 0.3) is 0 Å². The van der Waals surface area contributed by atoms with Crippen LogP contribution in [0.4, 0.5) is 5.69 Å². The molecule has 25 heavy (non-hydrogen) atoms. The quantitative estimate of drug-likeness (QED) is 0.753. The van der Waals surface area contributed by atoms with Gasteiger partial charge in [0.2, 0.25) is 0 Å². The second-order valence-corrected chi connectivity index (χ2v) is 7.03. The van der Waals surface area contributed by atoms with Gasteiger partial charge in [0.15, 0.2) is 5.11 Å². The molecule has 3 rings (SSSR count). The van der Waals surface area contributed by atoms with E-state index in [0.717, 1.165) is 17.8 Å². The number of hydrogen-bond donors (Lipinski definition) is 1. The van der Waals surface area contributed by atoms with Crippen molar-refractivity contribution < 1.29 is 4.74 Å². The Morgan fingerprint density at radius 1 is 1.36 bits per heavy atom. The molecule has 0 spiro atoms. The highest BCUT2D eigenvalue weighted by Crippen LogP contribution is 2.30. The number of hydrogen-bond acceptors (Lipinski definition) is 3. The third kappa shape index (κ3) is 4.61. The van der Waals surface area contributed by atoms with Gasteiger partial charge < -0.3 is 15.0 Å². The maximum absolute atomic E-state index is 6.05. The lowest BCUT2D eigenvalue weighted by atomic mass is 10.2. The lowest BCUT2D eigenvalue weighted by Gasteiger charge is -2.32. The van der Waals surface area contributed by atoms with Crippen molar-refractivity contribution in [3.63, 3.8) is 0 Å². The molecule has 0 saturated heterocycles. The number of ether oxygens (including phenoxy) is 1. The van der Waals surface area contributed by atoms with Crippen LogP contribution in [-0.2, 0) is 6.54 Å². The molecule has 0 amide bonds. The third-order valence-corrected chi connectivity index (χ3v) is 5.08. The molecule has 6 heteroatoms. The first-order valence-corrected chi connectivity index (χ1v) is 9.26. The molecule has 1 aromatic heterocycles. The summed E-state index contributed by atoms with van der Waals surface area (Å²) in [5.41, 5.74) is 1.98. The fraction of sp³-hybridized carbons (Fsp3) is 0.368. The monoisotopic (exact) mass is 375 g/mol. The summed E-state index contributed by atoms with van der Waals surface area (Å²) in [7, 11) is 1.63. The van der Waals surface area contributed by atoms with Crippen molar-refractivity contribution >= 4 is 34.6 Å². The summed E-state index contributed by atoms with van der Waals surface area (Å²) in [4.78, 5) is 6.49. The predicted octanol–water partition coefficient (Wildman–Crippen LogP) is 4.89. The van der Waals surface area contributed by atoms with Crippen molar-refractivity contribution in [2.45, 2.75) is 38.3 Å². The Morgan fingerprint density at radius 2 is 2.16 bits per heavy atom. The molecule has 0 unspecified atom stereocenters. The van der Waals surface area contributed by atoms with Crippen LogP contribution >= 0.6 is 23.8 Å². The number of methoxy groups -OCH3 is 1. The topological polar surface area (TPSA) is 37.4 Å². The van der Waals surface area contributed by atoms with E-state index in [2.05, 4.69) is 21.3 Å². The standard InChI is InChI=1S/C19H22ClN3OS/c1-24-18-11-15(20)8-9-17(18)22-19(25)23(16-6-2-3-7-16)13-14-5-4-10-21-12-14/h4-5,8-12,16H,2-3,6-7,13H2,1H3,(H,22,25). The molecule has 132 valence electrons. The first-order chi connectivity index (χ1) is 12.2. The lowest BCUT2D eigenvalue weighted by Crippen LogP contribution is -2.41. The number of nitrogens with one attached hydrogen (secondary N) is 1. The average molecular weight is 376 g/mol. The molecular formula is C19H22ClN3OS. The molecule has 0 radical (unpaired) electrons. The van der Waals surface area contributed by atoms with Gasteiger partial charge in [-0.25, -0.2) is 0 Å². The molecule has 1 N–H and O–H groups in total. The molecule has 1 aliphatic rings. The summed E-state index contributed by atoms with van der Waals surface area (Å²) in [6, 6.07) is 10.0. The minimum absolute atomic E-state index is 0.457. The first-order valence-electron chi connectivity index (χ1n) is 8.47. The van der Waals surface area contributed by atoms with Crippen molar-refractivity contribution in [3.05, 3.63) is 53.3 Å². The highest BCUT2D eigenvalue weighted by Gasteiger charge is 2.25. The average Bonchev–Trinajstić information content (AvgIpc) is 3.16. The lowest BCUT2D eigenvalue weighted by molar-refractivity contribution is 0.312. The fourth-order valence-corrected chi connectivity index (χ4v) is 3.71. The van der Waals surface area contributed by atoms with E-state index in [9.17, 15) is 0 Å². The summed E-state index contributed by atoms with van der Waals surface area (Å²) in [6.07, 6.45) is 8.52. The maximum atomic E-state index is 6.05. The normalized spacial score (nSPS) is 14.3. The number of rotatable bonds is 5. The van der Waals surface area contributed by atoms with E-state index >= 15 is 0 Å². The van der Waals surface area contributed by atoms with Gasteiger partial charge in [0, 0.05) is 36.1 Å². The van der Waals surface area contributed by atoms with Crippen molar-refractivity contribution in [2.75, 3.05) is 12.4 Å². The Kier molecular flexibility index (Phi) is 6.10. The van der Waals surface area contributed by atoms with Crippen LogP contribution in [0.5, 0.6) is 5.75 Å². The molecular weight excluding hydrogens is 354 g/mol. The number of halogens is 1. The van der Waals surface area contributed by atoms with Crippen LogP contribution in [0.3, 0.4) is 0 Å². The van der Waals surface area contributed by atoms with Crippen molar-refractivity contribution in [3.8, 4) is 5.75 Å². The van der Waals surface area contributed by atoms with E-state index in [1.54, 1.807) is 19.4 Å². The number of nitrogens with zero attached hydrogens (tertiary/aromatic N) is 2. The Bertz CT molecular complexity index is 720. The summed E-state index contributed by atoms with van der Waals surface area (Å²) < 4.78 is 5.42. The van der Waals surface area contributed by atoms with Crippen LogP contribution in [-0.4, -0.2) is 28.1 Å². The second-order valence-electron chi connectivity index (χ2n) is 6.20. The minimum Gasteiger partial charge on any atom is -0.495 e. The van der Waals surface area contributed by atoms with Gasteiger partial charge >= 0.3 is 0 Å². The van der Waals surface area contributed by atoms with E-state index in [1.165, 1.54) is 25.7 Å². The van der Waals surface area contributed by atoms with Crippen LogP contribution < -0.4 is 10.1 Å². The zero-order valence-corrected chi connectivity index (χ0v) is 15.8. The van der Waals surface area contributed by atoms with Gasteiger partial charge in [-0.05, 0) is 48.8 Å². The molecule has 0 atom stereocenters. The van der Waals surface area contributed by atoms with E-state index in [0.29, 0.717) is 21.9 Å². The molecule has 4 nitrogen and oxygen atoms in total. The molecule has 1 fully saturated rings. The summed E-state index contributed by atoms with van der Waals surface area (Å²) in [5.74, 6) is 0.683. The third-order valence-electron chi connectivity index (χ3n) is 4.51. The minimum atomic E-state index is 0.457. The SMILES string of the molecule is COc1cc(Cl)ccc1NC(=S)N(Cc1cccnc1)C1CCCC1. The number of aromatic nitrogens is 1. The van der Waals surface area contributed by atoms with E-state index in [-0.39, 0.29) is 0 Å². The van der Waals surface area contributed by atoms with E-state index < -0.39 is 0 Å². The van der Waals surface area contributed by atoms with Crippen molar-refractivity contribution in [1.29, 1.82) is 0 Å². The first kappa shape index (κ1) is 18.0. The van der Waals surface area contributed by atoms with Crippen LogP contribution in [0.25, 0.3) is 0 Å². The van der Waals surface area contributed by atoms with Crippen molar-refractivity contribution in [1.82, 2.24) is 9.88 Å². The molecule has 0 aliphatic heterocycles. The number of anilines is 1. The smallest absolute Gasteiger partial charge is 0.174 e. The van der Waals surface area contributed by atoms with E-state index in [1.807, 2.05) is 24.4 Å². The van der Waals surface area contributed by atoms with Crippen molar-refractivity contribution in [2.24, 2.45) is 0 Å². The molecule has 1 saturated carbocycles. The Hall–Kier alpha value is -1.85. The summed E-state index contributed by atoms with van der Waals surface area (Å²) in [5, 5.41) is 4.68. The van der Waals surface area contributed by atoms with Gasteiger partial charge in [-0.3, -0.25) is 4.98 Å². The summed E-state index contributed by atoms with van der Waals surface area (Å²) >= 11 is 11.8. The fourth-order valence-electron chi connectivity index (χ4n) is 3.23. The highest BCUT2D eigenvalue weighted by atomic mass is 35.5. The maximum Gasteiger partial charge on any atom is 0.174 e. The molecule has 1 heterocycles. The Balaban J connectivity index is 1.79. The van der Waals surface area contributed by atoms with Gasteiger partial charge in [-0.15, -0.1) is 0 Å². The highest BCUT2D eigenvalue weighted by molar-refractivity contribution is 7.80. The van der Waals surface area contributed by atoms with Gasteiger partial charge in [-0.1, -0.05) is 30.5 Å². The zero-order valence-electron chi connectivity index (χ0n) is 14.2. The molecule has 1 aromatic carbocycles.